The standard InChI is InChI=1S/C19H21ClN4O.HI/c20-14-6-4-13(5-7-14)18-12-23-19(24-18)22-11-15-10-17(8-9-21-15)25-16-2-1-3-16;/h4-10,16,18H,1-3,11-12H2,(H2,22,23,24);1H. The Kier molecular flexibility index (Phi) is 6.58. The predicted octanol–water partition coefficient (Wildman–Crippen LogP) is 4.07. The number of halogens is 2. The third kappa shape index (κ3) is 4.79. The van der Waals surface area contributed by atoms with Crippen LogP contribution in [0.1, 0.15) is 36.6 Å². The number of rotatable bonds is 5. The summed E-state index contributed by atoms with van der Waals surface area (Å²) in [6.45, 7) is 1.32. The van der Waals surface area contributed by atoms with Crippen LogP contribution in [0, 0.1) is 0 Å². The highest BCUT2D eigenvalue weighted by Crippen LogP contribution is 2.25. The Morgan fingerprint density at radius 2 is 2.00 bits per heavy atom. The maximum atomic E-state index is 5.94. The topological polar surface area (TPSA) is 58.5 Å². The molecule has 2 aliphatic rings. The molecule has 4 rings (SSSR count). The van der Waals surface area contributed by atoms with Crippen LogP contribution >= 0.6 is 35.6 Å². The molecule has 2 heterocycles. The summed E-state index contributed by atoms with van der Waals surface area (Å²) in [4.78, 5) is 8.93. The normalized spacial score (nSPS) is 19.0. The van der Waals surface area contributed by atoms with Crippen molar-refractivity contribution in [1.29, 1.82) is 0 Å². The van der Waals surface area contributed by atoms with E-state index in [0.717, 1.165) is 35.3 Å². The minimum atomic E-state index is 0. The average Bonchev–Trinajstić information content (AvgIpc) is 3.06. The van der Waals surface area contributed by atoms with Crippen molar-refractivity contribution in [2.24, 2.45) is 4.99 Å². The van der Waals surface area contributed by atoms with Gasteiger partial charge in [-0.25, -0.2) is 0 Å². The first-order chi connectivity index (χ1) is 12.3. The van der Waals surface area contributed by atoms with Crippen LogP contribution in [0.5, 0.6) is 5.75 Å². The van der Waals surface area contributed by atoms with Gasteiger partial charge in [0, 0.05) is 17.3 Å². The van der Waals surface area contributed by atoms with Crippen molar-refractivity contribution in [2.75, 3.05) is 6.54 Å². The van der Waals surface area contributed by atoms with Gasteiger partial charge in [-0.05, 0) is 43.0 Å². The van der Waals surface area contributed by atoms with Crippen molar-refractivity contribution in [2.45, 2.75) is 38.0 Å². The Morgan fingerprint density at radius 3 is 2.73 bits per heavy atom. The van der Waals surface area contributed by atoms with E-state index in [1.54, 1.807) is 6.20 Å². The van der Waals surface area contributed by atoms with Gasteiger partial charge in [-0.1, -0.05) is 23.7 Å². The lowest BCUT2D eigenvalue weighted by Crippen LogP contribution is -2.35. The molecule has 2 aromatic rings. The zero-order chi connectivity index (χ0) is 17.1. The third-order valence-corrected chi connectivity index (χ3v) is 4.85. The maximum Gasteiger partial charge on any atom is 0.192 e. The molecule has 1 aromatic heterocycles. The monoisotopic (exact) mass is 484 g/mol. The van der Waals surface area contributed by atoms with E-state index < -0.39 is 0 Å². The average molecular weight is 485 g/mol. The van der Waals surface area contributed by atoms with E-state index in [2.05, 4.69) is 20.6 Å². The minimum absolute atomic E-state index is 0. The van der Waals surface area contributed by atoms with E-state index in [1.807, 2.05) is 36.4 Å². The summed E-state index contributed by atoms with van der Waals surface area (Å²) in [5, 5.41) is 7.46. The quantitative estimate of drug-likeness (QED) is 0.628. The van der Waals surface area contributed by atoms with Gasteiger partial charge in [0.1, 0.15) is 5.75 Å². The van der Waals surface area contributed by atoms with E-state index in [1.165, 1.54) is 12.0 Å². The highest BCUT2D eigenvalue weighted by Gasteiger charge is 2.20. The van der Waals surface area contributed by atoms with Crippen LogP contribution < -0.4 is 15.4 Å². The number of guanidine groups is 1. The second kappa shape index (κ2) is 8.90. The lowest BCUT2D eigenvalue weighted by molar-refractivity contribution is 0.120. The molecule has 0 radical (unpaired) electrons. The van der Waals surface area contributed by atoms with Crippen LogP contribution in [0.4, 0.5) is 0 Å². The first-order valence-corrected chi connectivity index (χ1v) is 9.06. The first kappa shape index (κ1) is 19.2. The lowest BCUT2D eigenvalue weighted by Gasteiger charge is -2.26. The first-order valence-electron chi connectivity index (χ1n) is 8.68. The van der Waals surface area contributed by atoms with Crippen LogP contribution in [0.2, 0.25) is 5.02 Å². The third-order valence-electron chi connectivity index (χ3n) is 4.60. The Balaban J connectivity index is 0.00000196. The minimum Gasteiger partial charge on any atom is -0.490 e. The number of ether oxygens (including phenoxy) is 1. The van der Waals surface area contributed by atoms with Crippen LogP contribution in [-0.2, 0) is 6.54 Å². The molecule has 1 aliphatic carbocycles. The smallest absolute Gasteiger partial charge is 0.192 e. The van der Waals surface area contributed by atoms with Gasteiger partial charge < -0.3 is 15.4 Å². The summed E-state index contributed by atoms with van der Waals surface area (Å²) in [6, 6.07) is 12.0. The van der Waals surface area contributed by atoms with Gasteiger partial charge in [-0.3, -0.25) is 9.98 Å². The van der Waals surface area contributed by atoms with Gasteiger partial charge in [0.15, 0.2) is 5.96 Å². The van der Waals surface area contributed by atoms with E-state index in [0.29, 0.717) is 19.2 Å². The van der Waals surface area contributed by atoms with Gasteiger partial charge >= 0.3 is 0 Å². The molecule has 1 saturated carbocycles. The van der Waals surface area contributed by atoms with Gasteiger partial charge in [-0.15, -0.1) is 24.0 Å². The fourth-order valence-electron chi connectivity index (χ4n) is 2.91. The van der Waals surface area contributed by atoms with E-state index in [-0.39, 0.29) is 30.0 Å². The zero-order valence-electron chi connectivity index (χ0n) is 14.3. The van der Waals surface area contributed by atoms with Crippen molar-refractivity contribution in [1.82, 2.24) is 15.6 Å². The molecule has 1 atom stereocenters. The van der Waals surface area contributed by atoms with Gasteiger partial charge in [-0.2, -0.15) is 0 Å². The van der Waals surface area contributed by atoms with E-state index in [4.69, 9.17) is 16.3 Å². The molecule has 1 fully saturated rings. The molecule has 1 aromatic carbocycles. The van der Waals surface area contributed by atoms with Crippen LogP contribution in [-0.4, -0.2) is 23.6 Å². The van der Waals surface area contributed by atoms with Gasteiger partial charge in [0.25, 0.3) is 0 Å². The molecule has 0 spiro atoms. The number of nitrogens with zero attached hydrogens (tertiary/aromatic N) is 2. The Hall–Kier alpha value is -1.54. The number of hydrogen-bond donors (Lipinski definition) is 2. The Labute approximate surface area is 175 Å². The van der Waals surface area contributed by atoms with Gasteiger partial charge in [0.2, 0.25) is 0 Å². The molecule has 0 saturated heterocycles. The summed E-state index contributed by atoms with van der Waals surface area (Å²) in [5.74, 6) is 1.70. The molecule has 5 nitrogen and oxygen atoms in total. The molecular weight excluding hydrogens is 463 g/mol. The van der Waals surface area contributed by atoms with Crippen molar-refractivity contribution in [3.63, 3.8) is 0 Å². The molecule has 0 bridgehead atoms. The maximum absolute atomic E-state index is 5.94. The highest BCUT2D eigenvalue weighted by molar-refractivity contribution is 14.0. The fourth-order valence-corrected chi connectivity index (χ4v) is 3.04. The number of benzene rings is 1. The number of hydrogen-bond acceptors (Lipinski definition) is 5. The number of nitrogens with one attached hydrogen (secondary N) is 2. The summed E-state index contributed by atoms with van der Waals surface area (Å²) in [7, 11) is 0. The molecule has 138 valence electrons. The number of aromatic nitrogens is 1. The molecule has 1 unspecified atom stereocenters. The molecule has 7 heteroatoms. The van der Waals surface area contributed by atoms with Crippen molar-refractivity contribution >= 4 is 41.5 Å². The van der Waals surface area contributed by atoms with Crippen molar-refractivity contribution in [3.8, 4) is 5.75 Å². The lowest BCUT2D eigenvalue weighted by atomic mass is 9.96. The molecule has 0 amide bonds. The van der Waals surface area contributed by atoms with Crippen molar-refractivity contribution in [3.05, 3.63) is 58.9 Å². The number of aliphatic imine (C=N–C) groups is 1. The second-order valence-electron chi connectivity index (χ2n) is 6.44. The molecular formula is C19H22ClIN4O. The highest BCUT2D eigenvalue weighted by atomic mass is 127. The summed E-state index contributed by atoms with van der Waals surface area (Å²) >= 11 is 5.94. The second-order valence-corrected chi connectivity index (χ2v) is 6.88. The summed E-state index contributed by atoms with van der Waals surface area (Å²) < 4.78 is 5.92. The van der Waals surface area contributed by atoms with Crippen molar-refractivity contribution < 1.29 is 4.74 Å². The molecule has 1 aliphatic heterocycles. The van der Waals surface area contributed by atoms with Crippen LogP contribution in [0.25, 0.3) is 0 Å². The predicted molar refractivity (Wildman–Crippen MR) is 114 cm³/mol. The fraction of sp³-hybridized carbons (Fsp3) is 0.368. The van der Waals surface area contributed by atoms with Crippen LogP contribution in [0.15, 0.2) is 47.6 Å². The Bertz CT molecular complexity index is 764. The van der Waals surface area contributed by atoms with Crippen LogP contribution in [0.3, 0.4) is 0 Å². The molecule has 2 N–H and O–H groups in total. The number of pyridine rings is 1. The largest absolute Gasteiger partial charge is 0.490 e. The SMILES string of the molecule is Clc1ccc(C2CN=C(NCc3cc(OC4CCC4)ccn3)N2)cc1.I. The van der Waals surface area contributed by atoms with E-state index in [9.17, 15) is 0 Å². The molecule has 26 heavy (non-hydrogen) atoms. The Morgan fingerprint density at radius 1 is 1.19 bits per heavy atom. The zero-order valence-corrected chi connectivity index (χ0v) is 17.4. The summed E-state index contributed by atoms with van der Waals surface area (Å²) in [6.07, 6.45) is 5.76. The van der Waals surface area contributed by atoms with Gasteiger partial charge in [0.05, 0.1) is 30.9 Å². The van der Waals surface area contributed by atoms with E-state index >= 15 is 0 Å². The summed E-state index contributed by atoms with van der Waals surface area (Å²) in [5.41, 5.74) is 2.12.